The van der Waals surface area contributed by atoms with E-state index in [9.17, 15) is 4.79 Å². The molecule has 6 heteroatoms. The van der Waals surface area contributed by atoms with Crippen LogP contribution in [0.1, 0.15) is 34.5 Å². The lowest BCUT2D eigenvalue weighted by Crippen LogP contribution is -2.28. The summed E-state index contributed by atoms with van der Waals surface area (Å²) in [5.41, 5.74) is 4.62. The van der Waals surface area contributed by atoms with E-state index in [1.165, 1.54) is 0 Å². The van der Waals surface area contributed by atoms with Gasteiger partial charge in [0, 0.05) is 31.2 Å². The van der Waals surface area contributed by atoms with E-state index < -0.39 is 0 Å². The molecule has 0 aliphatic heterocycles. The van der Waals surface area contributed by atoms with E-state index >= 15 is 0 Å². The number of nitrogens with zero attached hydrogens (tertiary/aromatic N) is 5. The van der Waals surface area contributed by atoms with Gasteiger partial charge in [0.2, 0.25) is 0 Å². The van der Waals surface area contributed by atoms with E-state index in [0.29, 0.717) is 12.1 Å². The van der Waals surface area contributed by atoms with Crippen LogP contribution in [-0.2, 0) is 13.1 Å². The summed E-state index contributed by atoms with van der Waals surface area (Å²) in [6.45, 7) is 7.32. The minimum absolute atomic E-state index is 0.0185. The van der Waals surface area contributed by atoms with Crippen molar-refractivity contribution < 1.29 is 4.79 Å². The van der Waals surface area contributed by atoms with Gasteiger partial charge < -0.3 is 14.0 Å². The van der Waals surface area contributed by atoms with Gasteiger partial charge in [-0.2, -0.15) is 0 Å². The smallest absolute Gasteiger partial charge is 0.255 e. The van der Waals surface area contributed by atoms with Crippen LogP contribution >= 0.6 is 0 Å². The molecule has 0 unspecified atom stereocenters. The van der Waals surface area contributed by atoms with E-state index in [2.05, 4.69) is 22.5 Å². The molecule has 0 spiro atoms. The highest BCUT2D eigenvalue weighted by Crippen LogP contribution is 2.22. The normalized spacial score (nSPS) is 11.2. The summed E-state index contributed by atoms with van der Waals surface area (Å²) in [6.07, 6.45) is 1.76. The Morgan fingerprint density at radius 2 is 1.86 bits per heavy atom. The zero-order valence-electron chi connectivity index (χ0n) is 17.3. The number of para-hydroxylation sites is 2. The zero-order chi connectivity index (χ0) is 20.5. The van der Waals surface area contributed by atoms with Crippen LogP contribution in [0, 0.1) is 13.8 Å². The molecule has 0 aliphatic carbocycles. The first-order chi connectivity index (χ1) is 14.0. The van der Waals surface area contributed by atoms with Crippen molar-refractivity contribution in [3.05, 3.63) is 77.5 Å². The summed E-state index contributed by atoms with van der Waals surface area (Å²) < 4.78 is 4.18. The fraction of sp³-hybridized carbons (Fsp3) is 0.261. The minimum Gasteiger partial charge on any atom is -0.334 e. The lowest BCUT2D eigenvalue weighted by molar-refractivity contribution is 0.0779. The molecular formula is C23H25N5O. The van der Waals surface area contributed by atoms with Crippen LogP contribution < -0.4 is 0 Å². The molecule has 0 N–H and O–H groups in total. The third-order valence-corrected chi connectivity index (χ3v) is 5.32. The Hall–Kier alpha value is -3.41. The van der Waals surface area contributed by atoms with Gasteiger partial charge in [-0.25, -0.2) is 9.97 Å². The van der Waals surface area contributed by atoms with Crippen LogP contribution in [0.4, 0.5) is 0 Å². The largest absolute Gasteiger partial charge is 0.334 e. The fourth-order valence-corrected chi connectivity index (χ4v) is 3.91. The summed E-state index contributed by atoms with van der Waals surface area (Å²) >= 11 is 0. The number of fused-ring (bicyclic) bond motifs is 1. The predicted octanol–water partition coefficient (Wildman–Crippen LogP) is 4.13. The highest BCUT2D eigenvalue weighted by atomic mass is 16.2. The third kappa shape index (κ3) is 3.31. The zero-order valence-corrected chi connectivity index (χ0v) is 17.3. The molecule has 4 rings (SSSR count). The average molecular weight is 387 g/mol. The molecule has 0 bridgehead atoms. The molecule has 3 heterocycles. The van der Waals surface area contributed by atoms with Crippen LogP contribution in [0.2, 0.25) is 0 Å². The molecule has 0 atom stereocenters. The number of amides is 1. The van der Waals surface area contributed by atoms with Crippen molar-refractivity contribution in [1.29, 1.82) is 0 Å². The Balaban J connectivity index is 1.64. The third-order valence-electron chi connectivity index (χ3n) is 5.32. The highest BCUT2D eigenvalue weighted by Gasteiger charge is 2.22. The number of pyridine rings is 1. The van der Waals surface area contributed by atoms with Crippen LogP contribution in [0.3, 0.4) is 0 Å². The molecule has 1 aromatic carbocycles. The van der Waals surface area contributed by atoms with E-state index in [1.54, 1.807) is 11.1 Å². The lowest BCUT2D eigenvalue weighted by Gasteiger charge is -2.18. The van der Waals surface area contributed by atoms with Crippen molar-refractivity contribution in [2.75, 3.05) is 7.05 Å². The molecule has 0 saturated heterocycles. The Kier molecular flexibility index (Phi) is 4.92. The molecule has 3 aromatic heterocycles. The molecule has 148 valence electrons. The van der Waals surface area contributed by atoms with E-state index in [4.69, 9.17) is 4.98 Å². The first kappa shape index (κ1) is 18.9. The maximum atomic E-state index is 13.2. The molecule has 0 aliphatic rings. The topological polar surface area (TPSA) is 56.0 Å². The van der Waals surface area contributed by atoms with E-state index in [1.807, 2.05) is 67.9 Å². The number of carbonyl (C=O) groups excluding carboxylic acids is 1. The molecule has 29 heavy (non-hydrogen) atoms. The second-order valence-electron chi connectivity index (χ2n) is 7.23. The summed E-state index contributed by atoms with van der Waals surface area (Å²) in [5, 5.41) is 0. The second kappa shape index (κ2) is 7.54. The van der Waals surface area contributed by atoms with Crippen molar-refractivity contribution in [3.8, 4) is 5.82 Å². The summed E-state index contributed by atoms with van der Waals surface area (Å²) in [7, 11) is 1.83. The predicted molar refractivity (Wildman–Crippen MR) is 114 cm³/mol. The Morgan fingerprint density at radius 3 is 2.59 bits per heavy atom. The molecule has 0 saturated carbocycles. The first-order valence-corrected chi connectivity index (χ1v) is 9.81. The van der Waals surface area contributed by atoms with Gasteiger partial charge >= 0.3 is 0 Å². The van der Waals surface area contributed by atoms with Crippen LogP contribution in [0.15, 0.2) is 54.7 Å². The standard InChI is InChI=1S/C23H25N5O/c1-5-27-20-11-7-6-10-19(20)25-22(27)15-26(4)23(29)18-14-16(2)28(17(18)3)21-12-8-9-13-24-21/h6-14H,5,15H2,1-4H3. The number of carbonyl (C=O) groups is 1. The molecule has 0 radical (unpaired) electrons. The van der Waals surface area contributed by atoms with Gasteiger partial charge in [-0.1, -0.05) is 18.2 Å². The van der Waals surface area contributed by atoms with Crippen molar-refractivity contribution in [2.45, 2.75) is 33.9 Å². The lowest BCUT2D eigenvalue weighted by atomic mass is 10.2. The van der Waals surface area contributed by atoms with Gasteiger partial charge in [0.15, 0.2) is 0 Å². The van der Waals surface area contributed by atoms with Crippen LogP contribution in [-0.4, -0.2) is 37.0 Å². The minimum atomic E-state index is -0.0185. The maximum absolute atomic E-state index is 13.2. The Bertz CT molecular complexity index is 1170. The number of aromatic nitrogens is 4. The first-order valence-electron chi connectivity index (χ1n) is 9.81. The number of aryl methyl sites for hydroxylation is 2. The number of benzene rings is 1. The monoisotopic (exact) mass is 387 g/mol. The quantitative estimate of drug-likeness (QED) is 0.517. The average Bonchev–Trinajstić information content (AvgIpc) is 3.23. The molecule has 4 aromatic rings. The van der Waals surface area contributed by atoms with Crippen molar-refractivity contribution in [2.24, 2.45) is 0 Å². The Morgan fingerprint density at radius 1 is 1.10 bits per heavy atom. The van der Waals surface area contributed by atoms with Crippen molar-refractivity contribution >= 4 is 16.9 Å². The van der Waals surface area contributed by atoms with Crippen molar-refractivity contribution in [1.82, 2.24) is 24.0 Å². The van der Waals surface area contributed by atoms with E-state index in [-0.39, 0.29) is 5.91 Å². The fourth-order valence-electron chi connectivity index (χ4n) is 3.91. The van der Waals surface area contributed by atoms with Gasteiger partial charge in [-0.05, 0) is 51.1 Å². The second-order valence-corrected chi connectivity index (χ2v) is 7.23. The van der Waals surface area contributed by atoms with Crippen molar-refractivity contribution in [3.63, 3.8) is 0 Å². The number of hydrogen-bond acceptors (Lipinski definition) is 3. The Labute approximate surface area is 170 Å². The molecule has 6 nitrogen and oxygen atoms in total. The van der Waals surface area contributed by atoms with Gasteiger partial charge in [0.1, 0.15) is 11.6 Å². The van der Waals surface area contributed by atoms with Gasteiger partial charge in [0.05, 0.1) is 23.1 Å². The molecule has 0 fully saturated rings. The maximum Gasteiger partial charge on any atom is 0.255 e. The summed E-state index contributed by atoms with van der Waals surface area (Å²) in [5.74, 6) is 1.69. The number of imidazole rings is 1. The SMILES string of the molecule is CCn1c(CN(C)C(=O)c2cc(C)n(-c3ccccn3)c2C)nc2ccccc21. The van der Waals surface area contributed by atoms with Crippen LogP contribution in [0.25, 0.3) is 16.9 Å². The summed E-state index contributed by atoms with van der Waals surface area (Å²) in [4.78, 5) is 24.1. The number of hydrogen-bond donors (Lipinski definition) is 0. The number of rotatable bonds is 5. The molecule has 1 amide bonds. The highest BCUT2D eigenvalue weighted by molar-refractivity contribution is 5.95. The van der Waals surface area contributed by atoms with Gasteiger partial charge in [-0.3, -0.25) is 4.79 Å². The van der Waals surface area contributed by atoms with Gasteiger partial charge in [0.25, 0.3) is 5.91 Å². The van der Waals surface area contributed by atoms with Gasteiger partial charge in [-0.15, -0.1) is 0 Å². The summed E-state index contributed by atoms with van der Waals surface area (Å²) in [6, 6.07) is 15.8. The molecular weight excluding hydrogens is 362 g/mol. The van der Waals surface area contributed by atoms with Crippen LogP contribution in [0.5, 0.6) is 0 Å². The van der Waals surface area contributed by atoms with E-state index in [0.717, 1.165) is 40.6 Å².